The zero-order chi connectivity index (χ0) is 21.7. The molecule has 3 heterocycles. The number of aromatic nitrogens is 1. The predicted molar refractivity (Wildman–Crippen MR) is 115 cm³/mol. The van der Waals surface area contributed by atoms with E-state index >= 15 is 0 Å². The molecule has 1 N–H and O–H groups in total. The van der Waals surface area contributed by atoms with Gasteiger partial charge in [-0.3, -0.25) is 9.59 Å². The van der Waals surface area contributed by atoms with Gasteiger partial charge >= 0.3 is 0 Å². The minimum Gasteiger partial charge on any atom is -0.341 e. The molecule has 3 rings (SSSR count). The summed E-state index contributed by atoms with van der Waals surface area (Å²) in [6.07, 6.45) is 4.11. The molecule has 0 aliphatic carbocycles. The van der Waals surface area contributed by atoms with Crippen molar-refractivity contribution in [1.82, 2.24) is 14.2 Å². The van der Waals surface area contributed by atoms with E-state index in [2.05, 4.69) is 10.3 Å². The first-order chi connectivity index (χ1) is 14.3. The highest BCUT2D eigenvalue weighted by Gasteiger charge is 2.40. The molecule has 0 bridgehead atoms. The fraction of sp³-hybridized carbons (Fsp3) is 0.667. The van der Waals surface area contributed by atoms with Crippen molar-refractivity contribution in [2.24, 2.45) is 5.92 Å². The topological polar surface area (TPSA) is 99.7 Å². The lowest BCUT2D eigenvalue weighted by molar-refractivity contribution is -0.139. The van der Waals surface area contributed by atoms with Crippen LogP contribution in [0.5, 0.6) is 0 Å². The summed E-state index contributed by atoms with van der Waals surface area (Å²) in [5.74, 6) is -0.0715. The van der Waals surface area contributed by atoms with Crippen LogP contribution < -0.4 is 5.32 Å². The first-order valence-electron chi connectivity index (χ1n) is 10.8. The molecule has 2 fully saturated rings. The molecule has 8 nitrogen and oxygen atoms in total. The van der Waals surface area contributed by atoms with Crippen molar-refractivity contribution in [3.8, 4) is 0 Å². The van der Waals surface area contributed by atoms with E-state index in [1.54, 1.807) is 11.0 Å². The molecule has 0 spiro atoms. The maximum Gasteiger partial charge on any atom is 0.241 e. The van der Waals surface area contributed by atoms with Crippen LogP contribution in [0.4, 0.5) is 5.82 Å². The molecule has 1 aromatic heterocycles. The van der Waals surface area contributed by atoms with E-state index in [0.717, 1.165) is 25.0 Å². The maximum absolute atomic E-state index is 13.3. The molecule has 0 saturated carbocycles. The molecule has 2 aliphatic rings. The largest absolute Gasteiger partial charge is 0.341 e. The average molecular weight is 437 g/mol. The number of piperidine rings is 2. The van der Waals surface area contributed by atoms with Gasteiger partial charge in [0.15, 0.2) is 0 Å². The van der Waals surface area contributed by atoms with E-state index in [4.69, 9.17) is 0 Å². The number of anilines is 1. The molecular weight excluding hydrogens is 404 g/mol. The van der Waals surface area contributed by atoms with Gasteiger partial charge in [-0.2, -0.15) is 4.31 Å². The van der Waals surface area contributed by atoms with Gasteiger partial charge in [0.1, 0.15) is 11.9 Å². The Balaban J connectivity index is 1.67. The standard InChI is InChI=1S/C21H32N4O4S/c1-3-14-30(28,29)25-13-5-4-10-18(25)21(27)24-12-7-9-17(15-24)20(26)23-19-11-6-8-16(2)22-19/h6,8,11,17-18H,3-5,7,9-10,12-15H2,1-2H3,(H,22,23,26). The van der Waals surface area contributed by atoms with Crippen molar-refractivity contribution in [1.29, 1.82) is 0 Å². The lowest BCUT2D eigenvalue weighted by Crippen LogP contribution is -2.55. The molecule has 2 atom stereocenters. The Morgan fingerprint density at radius 2 is 1.97 bits per heavy atom. The van der Waals surface area contributed by atoms with Crippen LogP contribution in [0, 0.1) is 12.8 Å². The Morgan fingerprint density at radius 1 is 1.17 bits per heavy atom. The van der Waals surface area contributed by atoms with Crippen LogP contribution in [0.2, 0.25) is 0 Å². The second-order valence-corrected chi connectivity index (χ2v) is 10.3. The van der Waals surface area contributed by atoms with Gasteiger partial charge in [0.25, 0.3) is 0 Å². The summed E-state index contributed by atoms with van der Waals surface area (Å²) in [7, 11) is -3.44. The van der Waals surface area contributed by atoms with Gasteiger partial charge in [0, 0.05) is 25.3 Å². The first-order valence-corrected chi connectivity index (χ1v) is 12.5. The van der Waals surface area contributed by atoms with Crippen LogP contribution in [-0.4, -0.2) is 65.9 Å². The lowest BCUT2D eigenvalue weighted by Gasteiger charge is -2.39. The number of amides is 2. The summed E-state index contributed by atoms with van der Waals surface area (Å²) < 4.78 is 26.7. The molecule has 2 saturated heterocycles. The summed E-state index contributed by atoms with van der Waals surface area (Å²) >= 11 is 0. The Bertz CT molecular complexity index is 874. The zero-order valence-corrected chi connectivity index (χ0v) is 18.7. The van der Waals surface area contributed by atoms with Crippen molar-refractivity contribution in [2.45, 2.75) is 58.4 Å². The molecule has 2 amide bonds. The van der Waals surface area contributed by atoms with Gasteiger partial charge in [-0.25, -0.2) is 13.4 Å². The molecular formula is C21H32N4O4S. The summed E-state index contributed by atoms with van der Waals surface area (Å²) in [6, 6.07) is 4.80. The van der Waals surface area contributed by atoms with Gasteiger partial charge in [-0.1, -0.05) is 19.4 Å². The van der Waals surface area contributed by atoms with Crippen molar-refractivity contribution in [2.75, 3.05) is 30.7 Å². The quantitative estimate of drug-likeness (QED) is 0.737. The van der Waals surface area contributed by atoms with Crippen molar-refractivity contribution in [3.05, 3.63) is 23.9 Å². The summed E-state index contributed by atoms with van der Waals surface area (Å²) in [6.45, 7) is 4.96. The van der Waals surface area contributed by atoms with E-state index in [-0.39, 0.29) is 23.5 Å². The van der Waals surface area contributed by atoms with Gasteiger partial charge in [-0.05, 0) is 51.2 Å². The third-order valence-corrected chi connectivity index (χ3v) is 7.88. The number of carbonyl (C=O) groups excluding carboxylic acids is 2. The Hall–Kier alpha value is -2.00. The number of aryl methyl sites for hydroxylation is 1. The lowest BCUT2D eigenvalue weighted by atomic mass is 9.95. The number of nitrogens with zero attached hydrogens (tertiary/aromatic N) is 3. The molecule has 2 aliphatic heterocycles. The second-order valence-electron chi connectivity index (χ2n) is 8.22. The predicted octanol–water partition coefficient (Wildman–Crippen LogP) is 2.16. The van der Waals surface area contributed by atoms with Crippen molar-refractivity contribution < 1.29 is 18.0 Å². The van der Waals surface area contributed by atoms with Gasteiger partial charge < -0.3 is 10.2 Å². The highest BCUT2D eigenvalue weighted by molar-refractivity contribution is 7.89. The molecule has 1 aromatic rings. The minimum atomic E-state index is -3.44. The molecule has 2 unspecified atom stereocenters. The number of likely N-dealkylation sites (tertiary alicyclic amines) is 1. The molecule has 0 radical (unpaired) electrons. The number of pyridine rings is 1. The fourth-order valence-corrected chi connectivity index (χ4v) is 6.04. The Morgan fingerprint density at radius 3 is 2.70 bits per heavy atom. The third-order valence-electron chi connectivity index (χ3n) is 5.80. The first kappa shape index (κ1) is 22.7. The van der Waals surface area contributed by atoms with Crippen molar-refractivity contribution in [3.63, 3.8) is 0 Å². The van der Waals surface area contributed by atoms with Crippen LogP contribution in [0.3, 0.4) is 0 Å². The average Bonchev–Trinajstić information content (AvgIpc) is 2.73. The highest BCUT2D eigenvalue weighted by Crippen LogP contribution is 2.26. The number of nitrogens with one attached hydrogen (secondary N) is 1. The summed E-state index contributed by atoms with van der Waals surface area (Å²) in [4.78, 5) is 32.0. The molecule has 0 aromatic carbocycles. The van der Waals surface area contributed by atoms with Crippen LogP contribution in [0.25, 0.3) is 0 Å². The van der Waals surface area contributed by atoms with E-state index in [0.29, 0.717) is 44.7 Å². The normalized spacial score (nSPS) is 23.2. The SMILES string of the molecule is CCCS(=O)(=O)N1CCCCC1C(=O)N1CCCC(C(=O)Nc2cccc(C)n2)C1. The fourth-order valence-electron chi connectivity index (χ4n) is 4.30. The molecule has 30 heavy (non-hydrogen) atoms. The van der Waals surface area contributed by atoms with Gasteiger partial charge in [0.05, 0.1) is 11.7 Å². The van der Waals surface area contributed by atoms with Gasteiger partial charge in [0.2, 0.25) is 21.8 Å². The molecule has 9 heteroatoms. The second kappa shape index (κ2) is 9.87. The number of carbonyl (C=O) groups is 2. The van der Waals surface area contributed by atoms with Crippen LogP contribution in [-0.2, 0) is 19.6 Å². The maximum atomic E-state index is 13.3. The number of hydrogen-bond acceptors (Lipinski definition) is 5. The van der Waals surface area contributed by atoms with Crippen LogP contribution in [0.15, 0.2) is 18.2 Å². The summed E-state index contributed by atoms with van der Waals surface area (Å²) in [5, 5.41) is 2.85. The minimum absolute atomic E-state index is 0.0608. The van der Waals surface area contributed by atoms with E-state index in [1.807, 2.05) is 26.0 Å². The van der Waals surface area contributed by atoms with Crippen LogP contribution >= 0.6 is 0 Å². The van der Waals surface area contributed by atoms with E-state index < -0.39 is 16.1 Å². The van der Waals surface area contributed by atoms with E-state index in [1.165, 1.54) is 4.31 Å². The molecule has 166 valence electrons. The highest BCUT2D eigenvalue weighted by atomic mass is 32.2. The third kappa shape index (κ3) is 5.37. The van der Waals surface area contributed by atoms with Crippen molar-refractivity contribution >= 4 is 27.7 Å². The number of hydrogen-bond donors (Lipinski definition) is 1. The van der Waals surface area contributed by atoms with Gasteiger partial charge in [-0.15, -0.1) is 0 Å². The number of rotatable bonds is 6. The zero-order valence-electron chi connectivity index (χ0n) is 17.8. The number of sulfonamides is 1. The Labute approximate surface area is 179 Å². The summed E-state index contributed by atoms with van der Waals surface area (Å²) in [5.41, 5.74) is 0.818. The van der Waals surface area contributed by atoms with Crippen LogP contribution in [0.1, 0.15) is 51.1 Å². The Kier molecular flexibility index (Phi) is 7.46. The smallest absolute Gasteiger partial charge is 0.241 e. The monoisotopic (exact) mass is 436 g/mol. The van der Waals surface area contributed by atoms with E-state index in [9.17, 15) is 18.0 Å².